The molecule has 96 valence electrons. The van der Waals surface area contributed by atoms with Gasteiger partial charge in [-0.05, 0) is 12.3 Å². The van der Waals surface area contributed by atoms with E-state index in [0.29, 0.717) is 24.8 Å². The van der Waals surface area contributed by atoms with E-state index in [-0.39, 0.29) is 17.7 Å². The van der Waals surface area contributed by atoms with Gasteiger partial charge in [0.1, 0.15) is 0 Å². The Morgan fingerprint density at radius 1 is 1.12 bits per heavy atom. The van der Waals surface area contributed by atoms with Crippen molar-refractivity contribution >= 4 is 11.6 Å². The smallest absolute Gasteiger partial charge is 0.246 e. The Kier molecular flexibility index (Phi) is 4.81. The van der Waals surface area contributed by atoms with Crippen molar-refractivity contribution in [3.8, 4) is 11.8 Å². The Morgan fingerprint density at radius 3 is 2.24 bits per heavy atom. The van der Waals surface area contributed by atoms with Gasteiger partial charge < -0.3 is 20.9 Å². The molecule has 0 aromatic carbocycles. The number of ether oxygens (including phenoxy) is 2. The van der Waals surface area contributed by atoms with E-state index < -0.39 is 0 Å². The lowest BCUT2D eigenvalue weighted by Gasteiger charge is -2.13. The van der Waals surface area contributed by atoms with Crippen LogP contribution in [0.3, 0.4) is 0 Å². The van der Waals surface area contributed by atoms with E-state index >= 15 is 0 Å². The molecule has 1 heterocycles. The number of aromatic nitrogens is 2. The molecule has 4 N–H and O–H groups in total. The number of nitrogens with zero attached hydrogens (tertiary/aromatic N) is 2. The number of anilines is 2. The van der Waals surface area contributed by atoms with Gasteiger partial charge in [0.05, 0.1) is 13.2 Å². The third-order valence-electron chi connectivity index (χ3n) is 1.89. The Bertz CT molecular complexity index is 369. The molecule has 0 aliphatic carbocycles. The summed E-state index contributed by atoms with van der Waals surface area (Å²) in [6.07, 6.45) is 0.867. The maximum atomic E-state index is 5.85. The number of hydrogen-bond donors (Lipinski definition) is 2. The molecule has 1 aromatic rings. The number of hydrogen-bond acceptors (Lipinski definition) is 6. The van der Waals surface area contributed by atoms with Crippen LogP contribution in [-0.2, 0) is 0 Å². The molecular formula is C11H20N4O2. The molecule has 1 aromatic heterocycles. The van der Waals surface area contributed by atoms with Crippen LogP contribution in [0.2, 0.25) is 0 Å². The highest BCUT2D eigenvalue weighted by atomic mass is 16.5. The van der Waals surface area contributed by atoms with Gasteiger partial charge in [-0.2, -0.15) is 9.97 Å². The predicted molar refractivity (Wildman–Crippen MR) is 67.0 cm³/mol. The van der Waals surface area contributed by atoms with Crippen molar-refractivity contribution in [1.29, 1.82) is 0 Å². The summed E-state index contributed by atoms with van der Waals surface area (Å²) < 4.78 is 10.8. The molecule has 17 heavy (non-hydrogen) atoms. The number of rotatable bonds is 6. The first-order chi connectivity index (χ1) is 8.04. The molecule has 0 saturated heterocycles. The molecule has 0 unspecified atom stereocenters. The molecular weight excluding hydrogens is 220 g/mol. The summed E-state index contributed by atoms with van der Waals surface area (Å²) in [5.74, 6) is 1.06. The van der Waals surface area contributed by atoms with Crippen LogP contribution in [-0.4, -0.2) is 23.2 Å². The van der Waals surface area contributed by atoms with Crippen LogP contribution in [0.4, 0.5) is 11.6 Å². The van der Waals surface area contributed by atoms with Gasteiger partial charge in [0.25, 0.3) is 0 Å². The van der Waals surface area contributed by atoms with Gasteiger partial charge in [0.2, 0.25) is 17.7 Å². The Morgan fingerprint density at radius 2 is 1.71 bits per heavy atom. The van der Waals surface area contributed by atoms with Crippen molar-refractivity contribution < 1.29 is 9.47 Å². The van der Waals surface area contributed by atoms with Crippen LogP contribution in [0.5, 0.6) is 11.8 Å². The SMILES string of the molecule is CCCOc1nc(N)nc(OCC(C)C)c1N. The molecule has 0 spiro atoms. The van der Waals surface area contributed by atoms with Crippen molar-refractivity contribution in [3.05, 3.63) is 0 Å². The maximum absolute atomic E-state index is 5.85. The highest BCUT2D eigenvalue weighted by molar-refractivity contribution is 5.58. The number of nitrogen functional groups attached to an aromatic ring is 2. The standard InChI is InChI=1S/C11H20N4O2/c1-4-5-16-9-8(12)10(15-11(13)14-9)17-6-7(2)3/h7H,4-6,12H2,1-3H3,(H2,13,14,15). The second kappa shape index (κ2) is 6.12. The fraction of sp³-hybridized carbons (Fsp3) is 0.636. The zero-order valence-electron chi connectivity index (χ0n) is 10.6. The maximum Gasteiger partial charge on any atom is 0.246 e. The minimum absolute atomic E-state index is 0.101. The normalized spacial score (nSPS) is 10.6. The van der Waals surface area contributed by atoms with E-state index in [0.717, 1.165) is 6.42 Å². The first-order valence-corrected chi connectivity index (χ1v) is 5.73. The van der Waals surface area contributed by atoms with E-state index in [9.17, 15) is 0 Å². The van der Waals surface area contributed by atoms with Crippen molar-refractivity contribution in [1.82, 2.24) is 9.97 Å². The monoisotopic (exact) mass is 240 g/mol. The first kappa shape index (κ1) is 13.3. The van der Waals surface area contributed by atoms with E-state index in [4.69, 9.17) is 20.9 Å². The molecule has 0 saturated carbocycles. The van der Waals surface area contributed by atoms with Crippen LogP contribution < -0.4 is 20.9 Å². The Labute approximate surface area is 101 Å². The molecule has 6 nitrogen and oxygen atoms in total. The summed E-state index contributed by atoms with van der Waals surface area (Å²) in [5, 5.41) is 0. The highest BCUT2D eigenvalue weighted by Crippen LogP contribution is 2.29. The minimum Gasteiger partial charge on any atom is -0.476 e. The summed E-state index contributed by atoms with van der Waals surface area (Å²) in [6.45, 7) is 7.12. The zero-order chi connectivity index (χ0) is 12.8. The molecule has 0 amide bonds. The second-order valence-corrected chi connectivity index (χ2v) is 4.16. The first-order valence-electron chi connectivity index (χ1n) is 5.73. The van der Waals surface area contributed by atoms with Crippen LogP contribution >= 0.6 is 0 Å². The molecule has 0 aliphatic rings. The minimum atomic E-state index is 0.101. The third-order valence-corrected chi connectivity index (χ3v) is 1.89. The van der Waals surface area contributed by atoms with Gasteiger partial charge in [0, 0.05) is 0 Å². The van der Waals surface area contributed by atoms with Crippen LogP contribution in [0.15, 0.2) is 0 Å². The fourth-order valence-corrected chi connectivity index (χ4v) is 1.11. The zero-order valence-corrected chi connectivity index (χ0v) is 10.6. The average Bonchev–Trinajstić information content (AvgIpc) is 2.27. The van der Waals surface area contributed by atoms with E-state index in [2.05, 4.69) is 9.97 Å². The van der Waals surface area contributed by atoms with Crippen molar-refractivity contribution in [2.45, 2.75) is 27.2 Å². The van der Waals surface area contributed by atoms with Gasteiger partial charge in [-0.25, -0.2) is 0 Å². The topological polar surface area (TPSA) is 96.3 Å². The second-order valence-electron chi connectivity index (χ2n) is 4.16. The third kappa shape index (κ3) is 3.97. The fourth-order valence-electron chi connectivity index (χ4n) is 1.11. The lowest BCUT2D eigenvalue weighted by molar-refractivity contribution is 0.258. The van der Waals surface area contributed by atoms with Crippen LogP contribution in [0.25, 0.3) is 0 Å². The van der Waals surface area contributed by atoms with Gasteiger partial charge in [-0.15, -0.1) is 0 Å². The van der Waals surface area contributed by atoms with E-state index in [1.165, 1.54) is 0 Å². The lowest BCUT2D eigenvalue weighted by atomic mass is 10.2. The molecule has 0 bridgehead atoms. The lowest BCUT2D eigenvalue weighted by Crippen LogP contribution is -2.11. The molecule has 6 heteroatoms. The molecule has 0 atom stereocenters. The van der Waals surface area contributed by atoms with E-state index in [1.807, 2.05) is 20.8 Å². The van der Waals surface area contributed by atoms with Crippen LogP contribution in [0.1, 0.15) is 27.2 Å². The van der Waals surface area contributed by atoms with Gasteiger partial charge in [0.15, 0.2) is 5.69 Å². The predicted octanol–water partition coefficient (Wildman–Crippen LogP) is 1.46. The van der Waals surface area contributed by atoms with Gasteiger partial charge in [-0.3, -0.25) is 0 Å². The molecule has 1 rings (SSSR count). The number of nitrogens with two attached hydrogens (primary N) is 2. The summed E-state index contributed by atoms with van der Waals surface area (Å²) >= 11 is 0. The Hall–Kier alpha value is -1.72. The Balaban J connectivity index is 2.85. The van der Waals surface area contributed by atoms with Gasteiger partial charge >= 0.3 is 0 Å². The quantitative estimate of drug-likeness (QED) is 0.781. The van der Waals surface area contributed by atoms with Crippen molar-refractivity contribution in [2.75, 3.05) is 24.7 Å². The molecule has 0 fully saturated rings. The molecule has 0 aliphatic heterocycles. The van der Waals surface area contributed by atoms with Crippen molar-refractivity contribution in [3.63, 3.8) is 0 Å². The van der Waals surface area contributed by atoms with Gasteiger partial charge in [-0.1, -0.05) is 20.8 Å². The van der Waals surface area contributed by atoms with Crippen molar-refractivity contribution in [2.24, 2.45) is 5.92 Å². The highest BCUT2D eigenvalue weighted by Gasteiger charge is 2.13. The van der Waals surface area contributed by atoms with Crippen LogP contribution in [0, 0.1) is 5.92 Å². The van der Waals surface area contributed by atoms with E-state index in [1.54, 1.807) is 0 Å². The summed E-state index contributed by atoms with van der Waals surface area (Å²) in [4.78, 5) is 7.89. The average molecular weight is 240 g/mol. The molecule has 0 radical (unpaired) electrons. The summed E-state index contributed by atoms with van der Waals surface area (Å²) in [5.41, 5.74) is 11.7. The summed E-state index contributed by atoms with van der Waals surface area (Å²) in [7, 11) is 0. The largest absolute Gasteiger partial charge is 0.476 e. The summed E-state index contributed by atoms with van der Waals surface area (Å²) in [6, 6.07) is 0.